The summed E-state index contributed by atoms with van der Waals surface area (Å²) in [5.74, 6) is -0.548. The van der Waals surface area contributed by atoms with Gasteiger partial charge in [0, 0.05) is 0 Å². The number of nitrogens with one attached hydrogen (secondary N) is 1. The monoisotopic (exact) mass is 265 g/mol. The second-order valence-electron chi connectivity index (χ2n) is 4.56. The zero-order valence-corrected chi connectivity index (χ0v) is 11.5. The Labute approximate surface area is 107 Å². The lowest BCUT2D eigenvalue weighted by Crippen LogP contribution is -2.44. The SMILES string of the molecule is CCC[C@H](NC(=O)OC(C)(C)C)C(=O)OCCl. The Morgan fingerprint density at radius 2 is 1.94 bits per heavy atom. The molecule has 1 N–H and O–H groups in total. The molecule has 0 saturated heterocycles. The van der Waals surface area contributed by atoms with Gasteiger partial charge in [0.15, 0.2) is 6.07 Å². The number of amides is 1. The van der Waals surface area contributed by atoms with Crippen molar-refractivity contribution in [2.75, 3.05) is 6.07 Å². The fourth-order valence-corrected chi connectivity index (χ4v) is 1.25. The molecular weight excluding hydrogens is 246 g/mol. The number of hydrogen-bond acceptors (Lipinski definition) is 4. The summed E-state index contributed by atoms with van der Waals surface area (Å²) in [6.07, 6.45) is 0.578. The molecule has 0 aliphatic heterocycles. The highest BCUT2D eigenvalue weighted by Crippen LogP contribution is 2.08. The van der Waals surface area contributed by atoms with Crippen LogP contribution in [0.3, 0.4) is 0 Å². The molecule has 0 aromatic heterocycles. The molecular formula is C11H20ClNO4. The van der Waals surface area contributed by atoms with Crippen molar-refractivity contribution in [3.05, 3.63) is 0 Å². The van der Waals surface area contributed by atoms with E-state index in [2.05, 4.69) is 10.1 Å². The Morgan fingerprint density at radius 1 is 1.35 bits per heavy atom. The maximum Gasteiger partial charge on any atom is 0.408 e. The maximum atomic E-state index is 11.5. The van der Waals surface area contributed by atoms with Gasteiger partial charge in [-0.2, -0.15) is 0 Å². The van der Waals surface area contributed by atoms with E-state index in [4.69, 9.17) is 16.3 Å². The van der Waals surface area contributed by atoms with Crippen LogP contribution in [-0.4, -0.2) is 29.8 Å². The summed E-state index contributed by atoms with van der Waals surface area (Å²) in [5.41, 5.74) is -0.600. The van der Waals surface area contributed by atoms with E-state index in [0.29, 0.717) is 6.42 Å². The summed E-state index contributed by atoms with van der Waals surface area (Å²) >= 11 is 5.30. The average molecular weight is 266 g/mol. The van der Waals surface area contributed by atoms with E-state index >= 15 is 0 Å². The zero-order valence-electron chi connectivity index (χ0n) is 10.7. The molecule has 0 bridgehead atoms. The Kier molecular flexibility index (Phi) is 6.95. The summed E-state index contributed by atoms with van der Waals surface area (Å²) in [4.78, 5) is 22.9. The summed E-state index contributed by atoms with van der Waals surface area (Å²) in [6, 6.07) is -0.941. The highest BCUT2D eigenvalue weighted by molar-refractivity contribution is 6.17. The van der Waals surface area contributed by atoms with Gasteiger partial charge < -0.3 is 14.8 Å². The number of alkyl carbamates (subject to hydrolysis) is 1. The van der Waals surface area contributed by atoms with Crippen LogP contribution < -0.4 is 5.32 Å². The largest absolute Gasteiger partial charge is 0.448 e. The second kappa shape index (κ2) is 7.37. The van der Waals surface area contributed by atoms with Crippen molar-refractivity contribution >= 4 is 23.7 Å². The zero-order chi connectivity index (χ0) is 13.5. The number of alkyl halides is 1. The van der Waals surface area contributed by atoms with E-state index in [1.165, 1.54) is 0 Å². The van der Waals surface area contributed by atoms with Crippen LogP contribution in [0.2, 0.25) is 0 Å². The van der Waals surface area contributed by atoms with Crippen molar-refractivity contribution in [2.45, 2.75) is 52.2 Å². The molecule has 0 aliphatic carbocycles. The number of halogens is 1. The van der Waals surface area contributed by atoms with Gasteiger partial charge in [0.05, 0.1) is 0 Å². The second-order valence-corrected chi connectivity index (χ2v) is 4.78. The van der Waals surface area contributed by atoms with Crippen molar-refractivity contribution in [2.24, 2.45) is 0 Å². The van der Waals surface area contributed by atoms with Gasteiger partial charge in [-0.25, -0.2) is 9.59 Å². The maximum absolute atomic E-state index is 11.5. The summed E-state index contributed by atoms with van der Waals surface area (Å²) in [6.45, 7) is 7.15. The number of carbonyl (C=O) groups is 2. The lowest BCUT2D eigenvalue weighted by atomic mass is 10.2. The summed E-state index contributed by atoms with van der Waals surface area (Å²) in [5, 5.41) is 2.46. The molecule has 0 spiro atoms. The van der Waals surface area contributed by atoms with Crippen molar-refractivity contribution in [1.29, 1.82) is 0 Å². The van der Waals surface area contributed by atoms with Crippen LogP contribution in [0.1, 0.15) is 40.5 Å². The minimum atomic E-state index is -0.714. The van der Waals surface area contributed by atoms with Gasteiger partial charge in [-0.3, -0.25) is 0 Å². The Hall–Kier alpha value is -0.970. The number of esters is 1. The number of hydrogen-bond donors (Lipinski definition) is 1. The fourth-order valence-electron chi connectivity index (χ4n) is 1.14. The van der Waals surface area contributed by atoms with Gasteiger partial charge in [0.2, 0.25) is 0 Å². The molecule has 0 saturated carbocycles. The first-order chi connectivity index (χ1) is 7.80. The molecule has 0 fully saturated rings. The molecule has 0 unspecified atom stereocenters. The lowest BCUT2D eigenvalue weighted by Gasteiger charge is -2.22. The molecule has 0 radical (unpaired) electrons. The minimum Gasteiger partial charge on any atom is -0.448 e. The van der Waals surface area contributed by atoms with Crippen LogP contribution in [0.4, 0.5) is 4.79 Å². The number of rotatable bonds is 5. The van der Waals surface area contributed by atoms with Gasteiger partial charge in [0.25, 0.3) is 0 Å². The van der Waals surface area contributed by atoms with Gasteiger partial charge in [-0.05, 0) is 27.2 Å². The third kappa shape index (κ3) is 7.85. The standard InChI is InChI=1S/C11H20ClNO4/c1-5-6-8(9(14)16-7-12)13-10(15)17-11(2,3)4/h8H,5-7H2,1-4H3,(H,13,15)/t8-/m0/s1. The summed E-state index contributed by atoms with van der Waals surface area (Å²) in [7, 11) is 0. The molecule has 0 rings (SSSR count). The van der Waals surface area contributed by atoms with Crippen LogP contribution >= 0.6 is 11.6 Å². The van der Waals surface area contributed by atoms with Gasteiger partial charge in [-0.1, -0.05) is 24.9 Å². The first-order valence-corrected chi connectivity index (χ1v) is 6.05. The molecule has 17 heavy (non-hydrogen) atoms. The quantitative estimate of drug-likeness (QED) is 0.612. The van der Waals surface area contributed by atoms with Crippen LogP contribution in [0.25, 0.3) is 0 Å². The fraction of sp³-hybridized carbons (Fsp3) is 0.818. The first-order valence-electron chi connectivity index (χ1n) is 5.52. The van der Waals surface area contributed by atoms with Crippen molar-refractivity contribution < 1.29 is 19.1 Å². The molecule has 0 aliphatic rings. The van der Waals surface area contributed by atoms with E-state index in [-0.39, 0.29) is 6.07 Å². The normalized spacial score (nSPS) is 12.8. The topological polar surface area (TPSA) is 64.6 Å². The minimum absolute atomic E-state index is 0.227. The van der Waals surface area contributed by atoms with Gasteiger partial charge >= 0.3 is 12.1 Å². The van der Waals surface area contributed by atoms with Gasteiger partial charge in [0.1, 0.15) is 11.6 Å². The third-order valence-corrected chi connectivity index (χ3v) is 1.86. The molecule has 5 nitrogen and oxygen atoms in total. The van der Waals surface area contributed by atoms with Crippen molar-refractivity contribution in [3.8, 4) is 0 Å². The highest BCUT2D eigenvalue weighted by atomic mass is 35.5. The van der Waals surface area contributed by atoms with E-state index < -0.39 is 23.7 Å². The first kappa shape index (κ1) is 16.0. The molecule has 6 heteroatoms. The smallest absolute Gasteiger partial charge is 0.408 e. The highest BCUT2D eigenvalue weighted by Gasteiger charge is 2.24. The Balaban J connectivity index is 4.34. The number of carbonyl (C=O) groups excluding carboxylic acids is 2. The van der Waals surface area contributed by atoms with Gasteiger partial charge in [-0.15, -0.1) is 0 Å². The van der Waals surface area contributed by atoms with Crippen LogP contribution in [0.5, 0.6) is 0 Å². The predicted octanol–water partition coefficient (Wildman–Crippen LogP) is 2.42. The van der Waals surface area contributed by atoms with Crippen LogP contribution in [-0.2, 0) is 14.3 Å². The molecule has 0 heterocycles. The average Bonchev–Trinajstić information content (AvgIpc) is 2.14. The molecule has 1 atom stereocenters. The Bertz CT molecular complexity index is 263. The van der Waals surface area contributed by atoms with E-state index in [0.717, 1.165) is 6.42 Å². The lowest BCUT2D eigenvalue weighted by molar-refractivity contribution is -0.144. The molecule has 1 amide bonds. The van der Waals surface area contributed by atoms with E-state index in [1.54, 1.807) is 20.8 Å². The molecule has 0 aromatic carbocycles. The predicted molar refractivity (Wildman–Crippen MR) is 64.9 cm³/mol. The third-order valence-electron chi connectivity index (χ3n) is 1.75. The Morgan fingerprint density at radius 3 is 2.35 bits per heavy atom. The van der Waals surface area contributed by atoms with Crippen molar-refractivity contribution in [1.82, 2.24) is 5.32 Å². The van der Waals surface area contributed by atoms with Crippen molar-refractivity contribution in [3.63, 3.8) is 0 Å². The molecule has 100 valence electrons. The molecule has 0 aromatic rings. The summed E-state index contributed by atoms with van der Waals surface area (Å²) < 4.78 is 9.70. The van der Waals surface area contributed by atoms with Crippen LogP contribution in [0.15, 0.2) is 0 Å². The number of ether oxygens (including phenoxy) is 2. The van der Waals surface area contributed by atoms with E-state index in [1.807, 2.05) is 6.92 Å². The van der Waals surface area contributed by atoms with E-state index in [9.17, 15) is 9.59 Å². The van der Waals surface area contributed by atoms with Crippen LogP contribution in [0, 0.1) is 0 Å².